The number of aliphatic hydroxyl groups excluding tert-OH is 1. The second-order valence-corrected chi connectivity index (χ2v) is 9.38. The number of benzene rings is 1. The van der Waals surface area contributed by atoms with E-state index in [0.29, 0.717) is 23.6 Å². The van der Waals surface area contributed by atoms with E-state index < -0.39 is 29.5 Å². The number of unbranched alkanes of at least 4 members (excludes halogenated alkanes) is 2. The van der Waals surface area contributed by atoms with Crippen molar-refractivity contribution in [3.8, 4) is 5.75 Å². The molecule has 1 aliphatic rings. The van der Waals surface area contributed by atoms with E-state index in [0.717, 1.165) is 30.6 Å². The van der Waals surface area contributed by atoms with Gasteiger partial charge in [-0.2, -0.15) is 0 Å². The van der Waals surface area contributed by atoms with Crippen molar-refractivity contribution in [3.63, 3.8) is 0 Å². The molecule has 0 fully saturated rings. The normalized spacial score (nSPS) is 15.4. The molecule has 0 spiro atoms. The summed E-state index contributed by atoms with van der Waals surface area (Å²) in [5.74, 6) is -2.14. The van der Waals surface area contributed by atoms with Crippen LogP contribution in [-0.4, -0.2) is 41.0 Å². The van der Waals surface area contributed by atoms with Gasteiger partial charge in [-0.05, 0) is 50.1 Å². The van der Waals surface area contributed by atoms with Crippen molar-refractivity contribution in [1.29, 1.82) is 0 Å². The Bertz CT molecular complexity index is 1330. The van der Waals surface area contributed by atoms with E-state index >= 15 is 0 Å². The number of carbonyl (C=O) groups is 3. The third kappa shape index (κ3) is 5.29. The molecule has 0 saturated carbocycles. The lowest BCUT2D eigenvalue weighted by Crippen LogP contribution is -2.31. The molecule has 0 aliphatic carbocycles. The first-order valence-electron chi connectivity index (χ1n) is 12.1. The molecular weight excluding hydrogens is 496 g/mol. The van der Waals surface area contributed by atoms with Gasteiger partial charge in [0.15, 0.2) is 16.7 Å². The van der Waals surface area contributed by atoms with Crippen LogP contribution in [0.3, 0.4) is 0 Å². The number of aromatic nitrogens is 1. The highest BCUT2D eigenvalue weighted by Crippen LogP contribution is 2.44. The van der Waals surface area contributed by atoms with Crippen LogP contribution in [0.5, 0.6) is 5.75 Å². The second-order valence-electron chi connectivity index (χ2n) is 8.41. The molecule has 194 valence electrons. The number of furan rings is 1. The molecule has 1 atom stereocenters. The zero-order valence-electron chi connectivity index (χ0n) is 20.9. The topological polar surface area (TPSA) is 119 Å². The number of ketones is 1. The van der Waals surface area contributed by atoms with Crippen LogP contribution in [-0.2, 0) is 9.53 Å². The first kappa shape index (κ1) is 26.2. The highest BCUT2D eigenvalue weighted by atomic mass is 32.1. The van der Waals surface area contributed by atoms with E-state index in [-0.39, 0.29) is 27.9 Å². The monoisotopic (exact) mass is 524 g/mol. The quantitative estimate of drug-likeness (QED) is 0.196. The van der Waals surface area contributed by atoms with Crippen molar-refractivity contribution in [1.82, 2.24) is 4.98 Å². The van der Waals surface area contributed by atoms with Gasteiger partial charge in [0.05, 0.1) is 36.8 Å². The van der Waals surface area contributed by atoms with Crippen LogP contribution in [0.1, 0.15) is 70.6 Å². The number of ether oxygens (including phenoxy) is 2. The molecule has 0 saturated heterocycles. The number of carbonyl (C=O) groups excluding carboxylic acids is 3. The number of amides is 1. The minimum atomic E-state index is -1.02. The minimum Gasteiger partial charge on any atom is -0.503 e. The number of hydrogen-bond acceptors (Lipinski definition) is 9. The fourth-order valence-electron chi connectivity index (χ4n) is 4.08. The van der Waals surface area contributed by atoms with Crippen LogP contribution in [0.2, 0.25) is 0 Å². The number of rotatable bonds is 11. The first-order valence-corrected chi connectivity index (χ1v) is 12.9. The van der Waals surface area contributed by atoms with Gasteiger partial charge < -0.3 is 19.0 Å². The van der Waals surface area contributed by atoms with Gasteiger partial charge in [-0.25, -0.2) is 9.78 Å². The third-order valence-electron chi connectivity index (χ3n) is 5.84. The molecule has 1 aliphatic heterocycles. The second kappa shape index (κ2) is 11.4. The Labute approximate surface area is 218 Å². The number of nitrogens with zero attached hydrogens (tertiary/aromatic N) is 2. The highest BCUT2D eigenvalue weighted by Gasteiger charge is 2.47. The van der Waals surface area contributed by atoms with Gasteiger partial charge in [0.2, 0.25) is 5.78 Å². The number of aryl methyl sites for hydroxylation is 1. The average Bonchev–Trinajstić information content (AvgIpc) is 3.61. The fourth-order valence-corrected chi connectivity index (χ4v) is 5.07. The molecule has 37 heavy (non-hydrogen) atoms. The summed E-state index contributed by atoms with van der Waals surface area (Å²) in [6.45, 7) is 6.15. The lowest BCUT2D eigenvalue weighted by Gasteiger charge is -2.24. The molecule has 0 bridgehead atoms. The summed E-state index contributed by atoms with van der Waals surface area (Å²) in [6, 6.07) is 9.02. The van der Waals surface area contributed by atoms with Gasteiger partial charge in [-0.3, -0.25) is 14.5 Å². The van der Waals surface area contributed by atoms with Gasteiger partial charge in [0.25, 0.3) is 5.91 Å². The Morgan fingerprint density at radius 1 is 1.19 bits per heavy atom. The van der Waals surface area contributed by atoms with E-state index in [1.54, 1.807) is 44.2 Å². The number of aliphatic hydroxyl groups is 1. The molecule has 0 radical (unpaired) electrons. The van der Waals surface area contributed by atoms with Crippen molar-refractivity contribution >= 4 is 34.1 Å². The molecule has 2 aromatic heterocycles. The largest absolute Gasteiger partial charge is 0.503 e. The number of thiazole rings is 1. The molecule has 3 heterocycles. The van der Waals surface area contributed by atoms with Crippen LogP contribution < -0.4 is 9.64 Å². The van der Waals surface area contributed by atoms with Gasteiger partial charge in [0, 0.05) is 0 Å². The molecule has 3 aromatic rings. The van der Waals surface area contributed by atoms with Crippen LogP contribution >= 0.6 is 11.3 Å². The smallest absolute Gasteiger partial charge is 0.350 e. The molecule has 1 amide bonds. The van der Waals surface area contributed by atoms with Crippen LogP contribution in [0, 0.1) is 6.92 Å². The van der Waals surface area contributed by atoms with E-state index in [2.05, 4.69) is 11.9 Å². The Hall–Kier alpha value is -3.92. The number of Topliss-reactive ketones (excluding diaryl/α,β-unsaturated/α-hetero) is 1. The summed E-state index contributed by atoms with van der Waals surface area (Å²) in [6.07, 6.45) is 4.34. The summed E-state index contributed by atoms with van der Waals surface area (Å²) < 4.78 is 16.3. The van der Waals surface area contributed by atoms with Crippen LogP contribution in [0.15, 0.2) is 58.4 Å². The lowest BCUT2D eigenvalue weighted by molar-refractivity contribution is -0.117. The van der Waals surface area contributed by atoms with Crippen molar-refractivity contribution in [3.05, 3.63) is 75.9 Å². The molecule has 1 unspecified atom stereocenters. The van der Waals surface area contributed by atoms with E-state index in [4.69, 9.17) is 13.9 Å². The maximum Gasteiger partial charge on any atom is 0.350 e. The van der Waals surface area contributed by atoms with Crippen molar-refractivity contribution < 1.29 is 33.4 Å². The molecule has 1 aromatic carbocycles. The lowest BCUT2D eigenvalue weighted by atomic mass is 9.95. The average molecular weight is 525 g/mol. The molecule has 4 rings (SSSR count). The maximum absolute atomic E-state index is 13.4. The van der Waals surface area contributed by atoms with E-state index in [1.807, 2.05) is 0 Å². The number of esters is 1. The summed E-state index contributed by atoms with van der Waals surface area (Å²) in [7, 11) is 0. The summed E-state index contributed by atoms with van der Waals surface area (Å²) >= 11 is 0.959. The standard InChI is InChI=1S/C27H28N2O7S/c1-4-6-7-13-35-18-11-8-10-17(15-18)21-20(22(30)19-12-9-14-36-19)23(31)25(32)29(21)27-28-16(3)24(37-27)26(33)34-5-2/h8-12,14-15,21,31H,4-7,13H2,1-3H3. The third-order valence-corrected chi connectivity index (χ3v) is 6.98. The number of anilines is 1. The zero-order chi connectivity index (χ0) is 26.5. The van der Waals surface area contributed by atoms with Crippen molar-refractivity contribution in [2.45, 2.75) is 46.1 Å². The van der Waals surface area contributed by atoms with Gasteiger partial charge in [0.1, 0.15) is 10.6 Å². The van der Waals surface area contributed by atoms with Gasteiger partial charge in [-0.1, -0.05) is 43.2 Å². The molecule has 9 nitrogen and oxygen atoms in total. The Balaban J connectivity index is 1.78. The first-order chi connectivity index (χ1) is 17.9. The molecular formula is C27H28N2O7S. The van der Waals surface area contributed by atoms with Crippen LogP contribution in [0.4, 0.5) is 5.13 Å². The minimum absolute atomic E-state index is 0.0179. The predicted molar refractivity (Wildman–Crippen MR) is 137 cm³/mol. The van der Waals surface area contributed by atoms with Gasteiger partial charge in [-0.15, -0.1) is 0 Å². The van der Waals surface area contributed by atoms with Crippen LogP contribution in [0.25, 0.3) is 0 Å². The van der Waals surface area contributed by atoms with Gasteiger partial charge >= 0.3 is 5.97 Å². The Morgan fingerprint density at radius 2 is 2.00 bits per heavy atom. The maximum atomic E-state index is 13.4. The fraction of sp³-hybridized carbons (Fsp3) is 0.333. The Kier molecular flexibility index (Phi) is 8.08. The van der Waals surface area contributed by atoms with Crippen molar-refractivity contribution in [2.75, 3.05) is 18.1 Å². The SMILES string of the molecule is CCCCCOc1cccc(C2C(C(=O)c3ccco3)=C(O)C(=O)N2c2nc(C)c(C(=O)OCC)s2)c1. The highest BCUT2D eigenvalue weighted by molar-refractivity contribution is 7.17. The molecule has 1 N–H and O–H groups in total. The summed E-state index contributed by atoms with van der Waals surface area (Å²) in [5.41, 5.74) is 0.766. The summed E-state index contributed by atoms with van der Waals surface area (Å²) in [5, 5.41) is 11.1. The molecule has 10 heteroatoms. The van der Waals surface area contributed by atoms with Crippen molar-refractivity contribution in [2.24, 2.45) is 0 Å². The predicted octanol–water partition coefficient (Wildman–Crippen LogP) is 5.57. The zero-order valence-corrected chi connectivity index (χ0v) is 21.7. The summed E-state index contributed by atoms with van der Waals surface area (Å²) in [4.78, 5) is 45.1. The van der Waals surface area contributed by atoms with E-state index in [9.17, 15) is 19.5 Å². The Morgan fingerprint density at radius 3 is 2.70 bits per heavy atom. The number of hydrogen-bond donors (Lipinski definition) is 1. The van der Waals surface area contributed by atoms with E-state index in [1.165, 1.54) is 17.2 Å².